The number of allylic oxidation sites excluding steroid dienone is 1. The van der Waals surface area contributed by atoms with Crippen molar-refractivity contribution in [3.05, 3.63) is 45.2 Å². The minimum absolute atomic E-state index is 0.0279. The molecule has 3 aromatic rings. The Hall–Kier alpha value is -1.93. The van der Waals surface area contributed by atoms with Gasteiger partial charge >= 0.3 is 0 Å². The van der Waals surface area contributed by atoms with Gasteiger partial charge in [-0.1, -0.05) is 36.8 Å². The van der Waals surface area contributed by atoms with E-state index in [9.17, 15) is 4.79 Å². The lowest BCUT2D eigenvalue weighted by molar-refractivity contribution is 0.372. The molecule has 0 N–H and O–H groups in total. The molecule has 0 saturated heterocycles. The molecule has 0 fully saturated rings. The Morgan fingerprint density at radius 3 is 2.65 bits per heavy atom. The first-order chi connectivity index (χ1) is 12.3. The number of rotatable bonds is 6. The Morgan fingerprint density at radius 1 is 1.31 bits per heavy atom. The van der Waals surface area contributed by atoms with Crippen LogP contribution in [0.25, 0.3) is 10.2 Å². The molecule has 6 nitrogen and oxygen atoms in total. The molecule has 1 unspecified atom stereocenters. The average Bonchev–Trinajstić information content (AvgIpc) is 3.17. The Balaban J connectivity index is 2.04. The molecule has 0 radical (unpaired) electrons. The normalized spacial score (nSPS) is 12.8. The maximum absolute atomic E-state index is 13.0. The zero-order chi connectivity index (χ0) is 19.0. The van der Waals surface area contributed by atoms with Gasteiger partial charge in [0.1, 0.15) is 4.83 Å². The SMILES string of the molecule is C=CCn1c(SC(C)c2nc(C(C)C)no2)nc2sc(C)c(C)c2c1=O. The van der Waals surface area contributed by atoms with E-state index in [1.165, 1.54) is 11.8 Å². The van der Waals surface area contributed by atoms with Gasteiger partial charge in [0.25, 0.3) is 5.56 Å². The highest BCUT2D eigenvalue weighted by atomic mass is 32.2. The minimum Gasteiger partial charge on any atom is -0.338 e. The molecule has 0 bridgehead atoms. The predicted molar refractivity (Wildman–Crippen MR) is 106 cm³/mol. The number of thioether (sulfide) groups is 1. The maximum Gasteiger partial charge on any atom is 0.263 e. The van der Waals surface area contributed by atoms with Crippen molar-refractivity contribution in [1.82, 2.24) is 19.7 Å². The molecule has 0 saturated carbocycles. The quantitative estimate of drug-likeness (QED) is 0.347. The minimum atomic E-state index is -0.113. The molecule has 8 heteroatoms. The van der Waals surface area contributed by atoms with Crippen LogP contribution in [-0.4, -0.2) is 19.7 Å². The van der Waals surface area contributed by atoms with Crippen LogP contribution in [0.1, 0.15) is 54.1 Å². The Labute approximate surface area is 160 Å². The molecule has 3 rings (SSSR count). The van der Waals surface area contributed by atoms with Crippen LogP contribution in [0.5, 0.6) is 0 Å². The van der Waals surface area contributed by atoms with Gasteiger partial charge < -0.3 is 4.52 Å². The van der Waals surface area contributed by atoms with Gasteiger partial charge in [-0.15, -0.1) is 17.9 Å². The van der Waals surface area contributed by atoms with Crippen LogP contribution in [0.3, 0.4) is 0 Å². The molecule has 0 aliphatic carbocycles. The number of fused-ring (bicyclic) bond motifs is 1. The van der Waals surface area contributed by atoms with Gasteiger partial charge in [0.05, 0.1) is 10.6 Å². The third-order valence-corrected chi connectivity index (χ3v) is 6.35. The first kappa shape index (κ1) is 18.8. The van der Waals surface area contributed by atoms with E-state index in [0.717, 1.165) is 15.3 Å². The van der Waals surface area contributed by atoms with Crippen molar-refractivity contribution < 1.29 is 4.52 Å². The van der Waals surface area contributed by atoms with E-state index < -0.39 is 0 Å². The molecule has 3 aromatic heterocycles. The number of hydrogen-bond donors (Lipinski definition) is 0. The van der Waals surface area contributed by atoms with Gasteiger partial charge in [0, 0.05) is 17.3 Å². The van der Waals surface area contributed by atoms with Crippen LogP contribution in [0, 0.1) is 13.8 Å². The van der Waals surface area contributed by atoms with E-state index >= 15 is 0 Å². The van der Waals surface area contributed by atoms with Gasteiger partial charge in [-0.2, -0.15) is 4.98 Å². The van der Waals surface area contributed by atoms with Crippen LogP contribution >= 0.6 is 23.1 Å². The molecule has 0 spiro atoms. The average molecular weight is 391 g/mol. The van der Waals surface area contributed by atoms with Crippen LogP contribution in [0.2, 0.25) is 0 Å². The monoisotopic (exact) mass is 390 g/mol. The molecule has 0 amide bonds. The van der Waals surface area contributed by atoms with Crippen molar-refractivity contribution in [2.24, 2.45) is 0 Å². The van der Waals surface area contributed by atoms with Crippen LogP contribution < -0.4 is 5.56 Å². The Kier molecular flexibility index (Phi) is 5.34. The van der Waals surface area contributed by atoms with E-state index in [2.05, 4.69) is 16.7 Å². The number of nitrogens with zero attached hydrogens (tertiary/aromatic N) is 4. The summed E-state index contributed by atoms with van der Waals surface area (Å²) in [6.45, 7) is 14.2. The van der Waals surface area contributed by atoms with E-state index in [0.29, 0.717) is 28.8 Å². The highest BCUT2D eigenvalue weighted by Gasteiger charge is 2.22. The Bertz CT molecular complexity index is 1020. The summed E-state index contributed by atoms with van der Waals surface area (Å²) < 4.78 is 7.05. The topological polar surface area (TPSA) is 73.8 Å². The van der Waals surface area contributed by atoms with Crippen molar-refractivity contribution in [3.8, 4) is 0 Å². The fourth-order valence-corrected chi connectivity index (χ4v) is 4.56. The largest absolute Gasteiger partial charge is 0.338 e. The summed E-state index contributed by atoms with van der Waals surface area (Å²) >= 11 is 3.00. The van der Waals surface area contributed by atoms with Crippen LogP contribution in [0.15, 0.2) is 27.1 Å². The van der Waals surface area contributed by atoms with E-state index in [4.69, 9.17) is 9.51 Å². The fourth-order valence-electron chi connectivity index (χ4n) is 2.54. The summed E-state index contributed by atoms with van der Waals surface area (Å²) in [4.78, 5) is 24.1. The van der Waals surface area contributed by atoms with Crippen LogP contribution in [-0.2, 0) is 6.54 Å². The molecular weight excluding hydrogens is 368 g/mol. The van der Waals surface area contributed by atoms with Crippen molar-refractivity contribution in [2.45, 2.75) is 57.5 Å². The lowest BCUT2D eigenvalue weighted by Crippen LogP contribution is -2.22. The van der Waals surface area contributed by atoms with E-state index in [-0.39, 0.29) is 16.7 Å². The van der Waals surface area contributed by atoms with Crippen LogP contribution in [0.4, 0.5) is 0 Å². The van der Waals surface area contributed by atoms with Gasteiger partial charge in [-0.3, -0.25) is 9.36 Å². The van der Waals surface area contributed by atoms with Crippen molar-refractivity contribution >= 4 is 33.3 Å². The molecule has 138 valence electrons. The maximum atomic E-state index is 13.0. The number of thiophene rings is 1. The van der Waals surface area contributed by atoms with Crippen molar-refractivity contribution in [3.63, 3.8) is 0 Å². The lowest BCUT2D eigenvalue weighted by atomic mass is 10.2. The van der Waals surface area contributed by atoms with Crippen molar-refractivity contribution in [2.75, 3.05) is 0 Å². The van der Waals surface area contributed by atoms with Crippen molar-refractivity contribution in [1.29, 1.82) is 0 Å². The second-order valence-corrected chi connectivity index (χ2v) is 8.98. The second-order valence-electron chi connectivity index (χ2n) is 6.47. The highest BCUT2D eigenvalue weighted by molar-refractivity contribution is 7.99. The summed E-state index contributed by atoms with van der Waals surface area (Å²) in [5.41, 5.74) is 0.975. The third kappa shape index (κ3) is 3.35. The number of aryl methyl sites for hydroxylation is 2. The summed E-state index contributed by atoms with van der Waals surface area (Å²) in [6.07, 6.45) is 1.71. The second kappa shape index (κ2) is 7.36. The summed E-state index contributed by atoms with van der Waals surface area (Å²) in [6, 6.07) is 0. The zero-order valence-electron chi connectivity index (χ0n) is 15.6. The van der Waals surface area contributed by atoms with E-state index in [1.54, 1.807) is 22.0 Å². The molecule has 26 heavy (non-hydrogen) atoms. The molecule has 1 atom stereocenters. The first-order valence-corrected chi connectivity index (χ1v) is 10.1. The fraction of sp³-hybridized carbons (Fsp3) is 0.444. The molecule has 0 aliphatic heterocycles. The van der Waals surface area contributed by atoms with Gasteiger partial charge in [0.2, 0.25) is 5.89 Å². The first-order valence-electron chi connectivity index (χ1n) is 8.45. The number of hydrogen-bond acceptors (Lipinski definition) is 7. The predicted octanol–water partition coefficient (Wildman–Crippen LogP) is 4.62. The Morgan fingerprint density at radius 2 is 2.04 bits per heavy atom. The highest BCUT2D eigenvalue weighted by Crippen LogP contribution is 2.35. The summed E-state index contributed by atoms with van der Waals surface area (Å²) in [7, 11) is 0. The number of aromatic nitrogens is 4. The van der Waals surface area contributed by atoms with Gasteiger partial charge in [-0.05, 0) is 26.3 Å². The molecular formula is C18H22N4O2S2. The van der Waals surface area contributed by atoms with Gasteiger partial charge in [0.15, 0.2) is 11.0 Å². The molecule has 0 aromatic carbocycles. The van der Waals surface area contributed by atoms with E-state index in [1.807, 2.05) is 34.6 Å². The summed E-state index contributed by atoms with van der Waals surface area (Å²) in [5.74, 6) is 1.43. The lowest BCUT2D eigenvalue weighted by Gasteiger charge is -2.12. The zero-order valence-corrected chi connectivity index (χ0v) is 17.2. The third-order valence-electron chi connectivity index (χ3n) is 4.17. The summed E-state index contributed by atoms with van der Waals surface area (Å²) in [5, 5.41) is 5.24. The molecule has 0 aliphatic rings. The standard InChI is InChI=1S/C18H22N4O2S2/c1-7-8-22-17(23)13-10(4)11(5)25-16(13)20-18(22)26-12(6)15-19-14(9(2)3)21-24-15/h7,9,12H,1,8H2,2-6H3. The smallest absolute Gasteiger partial charge is 0.263 e. The van der Waals surface area contributed by atoms with Gasteiger partial charge in [-0.25, -0.2) is 4.98 Å². The molecule has 3 heterocycles.